The molecule has 6 heteroatoms. The van der Waals surface area contributed by atoms with Crippen LogP contribution in [0.4, 0.5) is 11.5 Å². The summed E-state index contributed by atoms with van der Waals surface area (Å²) in [5.41, 5.74) is 0.455. The summed E-state index contributed by atoms with van der Waals surface area (Å²) in [6, 6.07) is 1.49. The normalized spacial score (nSPS) is 11.4. The number of nitrogens with one attached hydrogen (secondary N) is 1. The molecule has 0 aliphatic heterocycles. The van der Waals surface area contributed by atoms with Crippen molar-refractivity contribution < 1.29 is 10.0 Å². The molecule has 0 saturated carbocycles. The molecule has 2 N–H and O–H groups in total. The standard InChI is InChI=1S/C13H21N3O3/c1-4-13(5-2,9-17)8-15-12-11(16(18)19)6-10(3)7-14-12/h6-7,17H,4-5,8-9H2,1-3H3,(H,14,15). The van der Waals surface area contributed by atoms with Crippen LogP contribution in [0.15, 0.2) is 12.3 Å². The maximum atomic E-state index is 11.0. The van der Waals surface area contributed by atoms with Crippen LogP contribution in [0.1, 0.15) is 32.3 Å². The number of aliphatic hydroxyl groups excluding tert-OH is 1. The van der Waals surface area contributed by atoms with E-state index in [1.54, 1.807) is 13.1 Å². The average molecular weight is 267 g/mol. The Morgan fingerprint density at radius 3 is 2.58 bits per heavy atom. The second kappa shape index (κ2) is 6.47. The number of hydrogen-bond acceptors (Lipinski definition) is 5. The highest BCUT2D eigenvalue weighted by atomic mass is 16.6. The number of aryl methyl sites for hydroxylation is 1. The monoisotopic (exact) mass is 267 g/mol. The minimum atomic E-state index is -0.444. The van der Waals surface area contributed by atoms with Gasteiger partial charge in [-0.15, -0.1) is 0 Å². The van der Waals surface area contributed by atoms with Crippen LogP contribution in [0, 0.1) is 22.5 Å². The van der Waals surface area contributed by atoms with Crippen LogP contribution in [0.5, 0.6) is 0 Å². The molecular weight excluding hydrogens is 246 g/mol. The van der Waals surface area contributed by atoms with Gasteiger partial charge < -0.3 is 10.4 Å². The van der Waals surface area contributed by atoms with Crippen LogP contribution in [0.25, 0.3) is 0 Å². The van der Waals surface area contributed by atoms with Crippen molar-refractivity contribution in [3.05, 3.63) is 27.9 Å². The van der Waals surface area contributed by atoms with Crippen molar-refractivity contribution in [2.75, 3.05) is 18.5 Å². The number of pyridine rings is 1. The van der Waals surface area contributed by atoms with E-state index in [2.05, 4.69) is 10.3 Å². The fourth-order valence-corrected chi connectivity index (χ4v) is 1.88. The van der Waals surface area contributed by atoms with Crippen LogP contribution < -0.4 is 5.32 Å². The molecule has 0 aliphatic rings. The van der Waals surface area contributed by atoms with E-state index in [0.717, 1.165) is 18.4 Å². The largest absolute Gasteiger partial charge is 0.396 e. The molecule has 6 nitrogen and oxygen atoms in total. The molecule has 106 valence electrons. The molecule has 0 aliphatic carbocycles. The molecule has 1 aromatic heterocycles. The fourth-order valence-electron chi connectivity index (χ4n) is 1.88. The van der Waals surface area contributed by atoms with Gasteiger partial charge in [-0.1, -0.05) is 13.8 Å². The number of rotatable bonds is 7. The zero-order valence-electron chi connectivity index (χ0n) is 11.6. The van der Waals surface area contributed by atoms with Crippen molar-refractivity contribution >= 4 is 11.5 Å². The SMILES string of the molecule is CCC(CC)(CO)CNc1ncc(C)cc1[N+](=O)[O-]. The highest BCUT2D eigenvalue weighted by Crippen LogP contribution is 2.28. The predicted molar refractivity (Wildman–Crippen MR) is 74.2 cm³/mol. The lowest BCUT2D eigenvalue weighted by Crippen LogP contribution is -2.32. The minimum Gasteiger partial charge on any atom is -0.396 e. The molecular formula is C13H21N3O3. The van der Waals surface area contributed by atoms with Crippen LogP contribution in [-0.2, 0) is 0 Å². The number of nitro groups is 1. The molecule has 0 fully saturated rings. The smallest absolute Gasteiger partial charge is 0.311 e. The first-order valence-electron chi connectivity index (χ1n) is 6.43. The first kappa shape index (κ1) is 15.4. The maximum Gasteiger partial charge on any atom is 0.311 e. The lowest BCUT2D eigenvalue weighted by molar-refractivity contribution is -0.384. The molecule has 0 unspecified atom stereocenters. The third-order valence-corrected chi connectivity index (χ3v) is 3.67. The Kier molecular flexibility index (Phi) is 5.23. The third-order valence-electron chi connectivity index (χ3n) is 3.67. The van der Waals surface area contributed by atoms with Gasteiger partial charge in [0.05, 0.1) is 11.5 Å². The maximum absolute atomic E-state index is 11.0. The Labute approximate surface area is 113 Å². The Bertz CT molecular complexity index is 436. The summed E-state index contributed by atoms with van der Waals surface area (Å²) in [6.07, 6.45) is 3.19. The highest BCUT2D eigenvalue weighted by Gasteiger charge is 2.26. The summed E-state index contributed by atoms with van der Waals surface area (Å²) in [6.45, 7) is 6.27. The van der Waals surface area contributed by atoms with Gasteiger partial charge in [0.15, 0.2) is 0 Å². The summed E-state index contributed by atoms with van der Waals surface area (Å²) >= 11 is 0. The first-order valence-corrected chi connectivity index (χ1v) is 6.43. The second-order valence-electron chi connectivity index (χ2n) is 4.86. The summed E-state index contributed by atoms with van der Waals surface area (Å²) in [7, 11) is 0. The Morgan fingerprint density at radius 2 is 2.11 bits per heavy atom. The van der Waals surface area contributed by atoms with Crippen molar-refractivity contribution in [1.82, 2.24) is 4.98 Å². The van der Waals surface area contributed by atoms with E-state index < -0.39 is 4.92 Å². The molecule has 0 bridgehead atoms. The number of anilines is 1. The van der Waals surface area contributed by atoms with E-state index in [9.17, 15) is 15.2 Å². The lowest BCUT2D eigenvalue weighted by Gasteiger charge is -2.29. The van der Waals surface area contributed by atoms with Crippen LogP contribution in [0.2, 0.25) is 0 Å². The topological polar surface area (TPSA) is 88.3 Å². The second-order valence-corrected chi connectivity index (χ2v) is 4.86. The van der Waals surface area contributed by atoms with Crippen molar-refractivity contribution in [2.24, 2.45) is 5.41 Å². The van der Waals surface area contributed by atoms with E-state index in [4.69, 9.17) is 0 Å². The summed E-state index contributed by atoms with van der Waals surface area (Å²) < 4.78 is 0. The van der Waals surface area contributed by atoms with Gasteiger partial charge in [-0.05, 0) is 25.3 Å². The van der Waals surface area contributed by atoms with Crippen molar-refractivity contribution in [1.29, 1.82) is 0 Å². The van der Waals surface area contributed by atoms with Gasteiger partial charge in [0.25, 0.3) is 0 Å². The number of nitrogens with zero attached hydrogens (tertiary/aromatic N) is 2. The van der Waals surface area contributed by atoms with Crippen LogP contribution >= 0.6 is 0 Å². The molecule has 1 rings (SSSR count). The van der Waals surface area contributed by atoms with Crippen LogP contribution in [0.3, 0.4) is 0 Å². The van der Waals surface area contributed by atoms with Gasteiger partial charge >= 0.3 is 5.69 Å². The molecule has 0 aromatic carbocycles. The summed E-state index contributed by atoms with van der Waals surface area (Å²) in [5, 5.41) is 23.5. The molecule has 0 spiro atoms. The van der Waals surface area contributed by atoms with Gasteiger partial charge in [0.1, 0.15) is 0 Å². The first-order chi connectivity index (χ1) is 8.98. The minimum absolute atomic E-state index is 0.0287. The summed E-state index contributed by atoms with van der Waals surface area (Å²) in [5.74, 6) is 0.260. The Balaban J connectivity index is 2.91. The average Bonchev–Trinajstić information content (AvgIpc) is 2.42. The molecule has 1 aromatic rings. The predicted octanol–water partition coefficient (Wildman–Crippen LogP) is 2.51. The third kappa shape index (κ3) is 3.64. The molecule has 0 radical (unpaired) electrons. The fraction of sp³-hybridized carbons (Fsp3) is 0.615. The van der Waals surface area contributed by atoms with Crippen molar-refractivity contribution in [3.63, 3.8) is 0 Å². The molecule has 0 amide bonds. The zero-order valence-corrected chi connectivity index (χ0v) is 11.6. The molecule has 19 heavy (non-hydrogen) atoms. The molecule has 0 atom stereocenters. The highest BCUT2D eigenvalue weighted by molar-refractivity contribution is 5.56. The van der Waals surface area contributed by atoms with Crippen molar-refractivity contribution in [3.8, 4) is 0 Å². The number of aromatic nitrogens is 1. The zero-order chi connectivity index (χ0) is 14.5. The van der Waals surface area contributed by atoms with E-state index in [-0.39, 0.29) is 23.5 Å². The lowest BCUT2D eigenvalue weighted by atomic mass is 9.83. The van der Waals surface area contributed by atoms with Gasteiger partial charge in [0.2, 0.25) is 5.82 Å². The Hall–Kier alpha value is -1.69. The Morgan fingerprint density at radius 1 is 1.47 bits per heavy atom. The van der Waals surface area contributed by atoms with Gasteiger partial charge in [0, 0.05) is 24.2 Å². The van der Waals surface area contributed by atoms with E-state index in [0.29, 0.717) is 6.54 Å². The number of hydrogen-bond donors (Lipinski definition) is 2. The van der Waals surface area contributed by atoms with E-state index in [1.165, 1.54) is 6.07 Å². The van der Waals surface area contributed by atoms with Gasteiger partial charge in [-0.3, -0.25) is 10.1 Å². The van der Waals surface area contributed by atoms with Crippen molar-refractivity contribution in [2.45, 2.75) is 33.6 Å². The quantitative estimate of drug-likeness (QED) is 0.585. The molecule has 0 saturated heterocycles. The van der Waals surface area contributed by atoms with Gasteiger partial charge in [-0.25, -0.2) is 4.98 Å². The van der Waals surface area contributed by atoms with E-state index in [1.807, 2.05) is 13.8 Å². The molecule has 1 heterocycles. The van der Waals surface area contributed by atoms with E-state index >= 15 is 0 Å². The van der Waals surface area contributed by atoms with Gasteiger partial charge in [-0.2, -0.15) is 0 Å². The van der Waals surface area contributed by atoms with Crippen LogP contribution in [-0.4, -0.2) is 28.2 Å². The number of aliphatic hydroxyl groups is 1. The summed E-state index contributed by atoms with van der Waals surface area (Å²) in [4.78, 5) is 14.6.